The lowest BCUT2D eigenvalue weighted by molar-refractivity contribution is 0.0123. The first-order valence-corrected chi connectivity index (χ1v) is 7.96. The molecule has 0 aromatic carbocycles. The zero-order chi connectivity index (χ0) is 15.5. The number of aliphatic hydroxyl groups excluding tert-OH is 1. The van der Waals surface area contributed by atoms with E-state index in [2.05, 4.69) is 35.3 Å². The molecular formula is C16H24N4O2. The Labute approximate surface area is 130 Å². The van der Waals surface area contributed by atoms with Crippen LogP contribution in [0.25, 0.3) is 11.0 Å². The van der Waals surface area contributed by atoms with Gasteiger partial charge in [0.15, 0.2) is 5.65 Å². The van der Waals surface area contributed by atoms with Gasteiger partial charge in [0.1, 0.15) is 0 Å². The molecule has 2 N–H and O–H groups in total. The van der Waals surface area contributed by atoms with Gasteiger partial charge in [-0.15, -0.1) is 0 Å². The maximum absolute atomic E-state index is 9.07. The van der Waals surface area contributed by atoms with Crippen LogP contribution in [0.15, 0.2) is 18.5 Å². The second kappa shape index (κ2) is 6.73. The van der Waals surface area contributed by atoms with Gasteiger partial charge in [0, 0.05) is 30.7 Å². The van der Waals surface area contributed by atoms with E-state index < -0.39 is 0 Å². The fraction of sp³-hybridized carbons (Fsp3) is 0.625. The molecule has 1 aliphatic rings. The molecule has 0 aliphatic carbocycles. The van der Waals surface area contributed by atoms with Crippen molar-refractivity contribution in [2.75, 3.05) is 13.2 Å². The van der Waals surface area contributed by atoms with Gasteiger partial charge in [0.25, 0.3) is 0 Å². The minimum Gasteiger partial charge on any atom is -0.394 e. The minimum absolute atomic E-state index is 0.0201. The molecule has 2 aromatic rings. The number of ether oxygens (including phenoxy) is 1. The van der Waals surface area contributed by atoms with Crippen molar-refractivity contribution >= 4 is 11.0 Å². The van der Waals surface area contributed by atoms with Crippen LogP contribution in [0.3, 0.4) is 0 Å². The summed E-state index contributed by atoms with van der Waals surface area (Å²) in [5.74, 6) is 0. The van der Waals surface area contributed by atoms with Gasteiger partial charge in [0.2, 0.25) is 0 Å². The Morgan fingerprint density at radius 1 is 1.36 bits per heavy atom. The monoisotopic (exact) mass is 304 g/mol. The van der Waals surface area contributed by atoms with E-state index in [1.807, 2.05) is 17.1 Å². The van der Waals surface area contributed by atoms with Crippen molar-refractivity contribution in [3.8, 4) is 0 Å². The molecule has 1 fully saturated rings. The number of hydrogen-bond acceptors (Lipinski definition) is 5. The van der Waals surface area contributed by atoms with Gasteiger partial charge < -0.3 is 15.2 Å². The van der Waals surface area contributed by atoms with Crippen molar-refractivity contribution in [2.45, 2.75) is 51.5 Å². The molecule has 120 valence electrons. The summed E-state index contributed by atoms with van der Waals surface area (Å²) in [5, 5.41) is 17.9. The van der Waals surface area contributed by atoms with Crippen LogP contribution in [0.2, 0.25) is 0 Å². The summed E-state index contributed by atoms with van der Waals surface area (Å²) < 4.78 is 7.65. The lowest BCUT2D eigenvalue weighted by Gasteiger charge is -2.13. The van der Waals surface area contributed by atoms with Crippen LogP contribution in [0, 0.1) is 0 Å². The van der Waals surface area contributed by atoms with Crippen LogP contribution < -0.4 is 5.32 Å². The van der Waals surface area contributed by atoms with Crippen LogP contribution in [0.5, 0.6) is 0 Å². The molecule has 6 nitrogen and oxygen atoms in total. The second-order valence-corrected chi connectivity index (χ2v) is 6.21. The zero-order valence-corrected chi connectivity index (χ0v) is 13.2. The van der Waals surface area contributed by atoms with Gasteiger partial charge in [-0.3, -0.25) is 0 Å². The average Bonchev–Trinajstić information content (AvgIpc) is 3.13. The van der Waals surface area contributed by atoms with Crippen LogP contribution in [0.1, 0.15) is 38.3 Å². The molecule has 0 saturated carbocycles. The Hall–Kier alpha value is -1.50. The van der Waals surface area contributed by atoms with Crippen molar-refractivity contribution in [2.24, 2.45) is 0 Å². The Kier molecular flexibility index (Phi) is 4.71. The van der Waals surface area contributed by atoms with Gasteiger partial charge in [-0.05, 0) is 38.3 Å². The van der Waals surface area contributed by atoms with Crippen molar-refractivity contribution in [1.29, 1.82) is 0 Å². The quantitative estimate of drug-likeness (QED) is 0.849. The fourth-order valence-corrected chi connectivity index (χ4v) is 2.90. The van der Waals surface area contributed by atoms with E-state index >= 15 is 0 Å². The lowest BCUT2D eigenvalue weighted by atomic mass is 10.2. The molecule has 0 bridgehead atoms. The van der Waals surface area contributed by atoms with Crippen molar-refractivity contribution in [1.82, 2.24) is 20.1 Å². The third-order valence-corrected chi connectivity index (χ3v) is 4.08. The van der Waals surface area contributed by atoms with E-state index in [4.69, 9.17) is 9.84 Å². The first kappa shape index (κ1) is 15.4. The van der Waals surface area contributed by atoms with E-state index in [-0.39, 0.29) is 18.8 Å². The van der Waals surface area contributed by atoms with Crippen molar-refractivity contribution < 1.29 is 9.84 Å². The predicted octanol–water partition coefficient (Wildman–Crippen LogP) is 1.64. The summed E-state index contributed by atoms with van der Waals surface area (Å²) in [6.45, 7) is 5.89. The maximum Gasteiger partial charge on any atom is 0.157 e. The molecule has 0 unspecified atom stereocenters. The van der Waals surface area contributed by atoms with E-state index in [1.165, 1.54) is 0 Å². The van der Waals surface area contributed by atoms with Gasteiger partial charge in [-0.25, -0.2) is 9.67 Å². The number of pyridine rings is 1. The zero-order valence-electron chi connectivity index (χ0n) is 13.2. The van der Waals surface area contributed by atoms with E-state index in [0.29, 0.717) is 6.04 Å². The number of nitrogens with zero attached hydrogens (tertiary/aromatic N) is 3. The summed E-state index contributed by atoms with van der Waals surface area (Å²) in [7, 11) is 0. The molecule has 1 aliphatic heterocycles. The summed E-state index contributed by atoms with van der Waals surface area (Å²) in [6.07, 6.45) is 5.96. The SMILES string of the molecule is CC(C)n1ncc2cc(CNC[C@H]3CC[C@@H](CO)O3)cnc21. The summed E-state index contributed by atoms with van der Waals surface area (Å²) in [4.78, 5) is 4.53. The highest BCUT2D eigenvalue weighted by molar-refractivity contribution is 5.75. The highest BCUT2D eigenvalue weighted by Crippen LogP contribution is 2.19. The molecule has 0 spiro atoms. The van der Waals surface area contributed by atoms with Crippen molar-refractivity contribution in [3.63, 3.8) is 0 Å². The standard InChI is InChI=1S/C16H24N4O2/c1-11(2)20-16-13(8-19-20)5-12(7-18-16)6-17-9-14-3-4-15(10-21)22-14/h5,7-8,11,14-15,17,21H,3-4,6,9-10H2,1-2H3/t14-,15+/m1/s1. The Balaban J connectivity index is 1.56. The Morgan fingerprint density at radius 3 is 2.91 bits per heavy atom. The Bertz CT molecular complexity index is 626. The first-order valence-electron chi connectivity index (χ1n) is 7.96. The third-order valence-electron chi connectivity index (χ3n) is 4.08. The number of rotatable bonds is 6. The normalized spacial score (nSPS) is 22.0. The van der Waals surface area contributed by atoms with Crippen LogP contribution in [0.4, 0.5) is 0 Å². The molecule has 22 heavy (non-hydrogen) atoms. The highest BCUT2D eigenvalue weighted by atomic mass is 16.5. The molecule has 2 aromatic heterocycles. The molecule has 0 radical (unpaired) electrons. The fourth-order valence-electron chi connectivity index (χ4n) is 2.90. The largest absolute Gasteiger partial charge is 0.394 e. The van der Waals surface area contributed by atoms with E-state index in [1.54, 1.807) is 0 Å². The third kappa shape index (κ3) is 3.29. The van der Waals surface area contributed by atoms with Crippen LogP contribution >= 0.6 is 0 Å². The average molecular weight is 304 g/mol. The lowest BCUT2D eigenvalue weighted by Crippen LogP contribution is -2.27. The summed E-state index contributed by atoms with van der Waals surface area (Å²) in [6, 6.07) is 2.45. The van der Waals surface area contributed by atoms with Gasteiger partial charge >= 0.3 is 0 Å². The van der Waals surface area contributed by atoms with E-state index in [9.17, 15) is 0 Å². The van der Waals surface area contributed by atoms with Crippen molar-refractivity contribution in [3.05, 3.63) is 24.0 Å². The van der Waals surface area contributed by atoms with Crippen LogP contribution in [-0.4, -0.2) is 45.2 Å². The summed E-state index contributed by atoms with van der Waals surface area (Å²) >= 11 is 0. The Morgan fingerprint density at radius 2 is 2.18 bits per heavy atom. The molecule has 3 rings (SSSR count). The van der Waals surface area contributed by atoms with Gasteiger partial charge in [0.05, 0.1) is 25.0 Å². The van der Waals surface area contributed by atoms with Gasteiger partial charge in [-0.1, -0.05) is 0 Å². The maximum atomic E-state index is 9.07. The number of aliphatic hydroxyl groups is 1. The number of hydrogen-bond donors (Lipinski definition) is 2. The smallest absolute Gasteiger partial charge is 0.157 e. The number of nitrogens with one attached hydrogen (secondary N) is 1. The number of fused-ring (bicyclic) bond motifs is 1. The number of aromatic nitrogens is 3. The second-order valence-electron chi connectivity index (χ2n) is 6.21. The molecule has 0 amide bonds. The molecule has 2 atom stereocenters. The molecule has 1 saturated heterocycles. The predicted molar refractivity (Wildman–Crippen MR) is 84.6 cm³/mol. The first-order chi connectivity index (χ1) is 10.7. The minimum atomic E-state index is 0.0201. The topological polar surface area (TPSA) is 72.2 Å². The molecule has 3 heterocycles. The van der Waals surface area contributed by atoms with E-state index in [0.717, 1.165) is 42.5 Å². The molecule has 6 heteroatoms. The van der Waals surface area contributed by atoms with Gasteiger partial charge in [-0.2, -0.15) is 5.10 Å². The highest BCUT2D eigenvalue weighted by Gasteiger charge is 2.23. The molecular weight excluding hydrogens is 280 g/mol. The van der Waals surface area contributed by atoms with Crippen LogP contribution in [-0.2, 0) is 11.3 Å². The summed E-state index contributed by atoms with van der Waals surface area (Å²) in [5.41, 5.74) is 2.08.